The van der Waals surface area contributed by atoms with E-state index in [1.807, 2.05) is 13.8 Å². The SMILES string of the molecule is COCCNCCNc1cnn(C(C)C)c(=O)c1Br. The standard InChI is InChI=1S/C12H21BrN4O2/c1-9(2)17-12(18)11(13)10(8-16-17)15-5-4-14-6-7-19-3/h8-9,14-15H,4-7H2,1-3H3. The second kappa shape index (κ2) is 8.29. The highest BCUT2D eigenvalue weighted by Gasteiger charge is 2.10. The predicted octanol–water partition coefficient (Wildman–Crippen LogP) is 1.23. The van der Waals surface area contributed by atoms with Gasteiger partial charge in [0.25, 0.3) is 5.56 Å². The first kappa shape index (κ1) is 16.1. The van der Waals surface area contributed by atoms with Crippen LogP contribution in [0.1, 0.15) is 19.9 Å². The van der Waals surface area contributed by atoms with Gasteiger partial charge in [-0.1, -0.05) is 0 Å². The highest BCUT2D eigenvalue weighted by atomic mass is 79.9. The third-order valence-corrected chi connectivity index (χ3v) is 3.30. The highest BCUT2D eigenvalue weighted by molar-refractivity contribution is 9.10. The molecule has 0 radical (unpaired) electrons. The number of ether oxygens (including phenoxy) is 1. The van der Waals surface area contributed by atoms with Crippen LogP contribution in [-0.2, 0) is 4.74 Å². The fourth-order valence-electron chi connectivity index (χ4n) is 1.52. The molecule has 2 N–H and O–H groups in total. The smallest absolute Gasteiger partial charge is 0.283 e. The van der Waals surface area contributed by atoms with Gasteiger partial charge in [0, 0.05) is 26.7 Å². The summed E-state index contributed by atoms with van der Waals surface area (Å²) < 4.78 is 6.90. The first-order chi connectivity index (χ1) is 9.07. The highest BCUT2D eigenvalue weighted by Crippen LogP contribution is 2.16. The van der Waals surface area contributed by atoms with Crippen molar-refractivity contribution < 1.29 is 4.74 Å². The number of halogens is 1. The molecule has 0 aliphatic heterocycles. The summed E-state index contributed by atoms with van der Waals surface area (Å²) in [5.41, 5.74) is 0.600. The third kappa shape index (κ3) is 4.93. The van der Waals surface area contributed by atoms with Crippen LogP contribution in [0.5, 0.6) is 0 Å². The van der Waals surface area contributed by atoms with E-state index >= 15 is 0 Å². The maximum atomic E-state index is 12.0. The van der Waals surface area contributed by atoms with Gasteiger partial charge >= 0.3 is 0 Å². The number of methoxy groups -OCH3 is 1. The molecule has 1 rings (SSSR count). The molecule has 0 amide bonds. The number of anilines is 1. The second-order valence-electron chi connectivity index (χ2n) is 4.39. The van der Waals surface area contributed by atoms with Gasteiger partial charge in [-0.05, 0) is 29.8 Å². The molecular weight excluding hydrogens is 312 g/mol. The van der Waals surface area contributed by atoms with Gasteiger partial charge in [0.15, 0.2) is 0 Å². The minimum absolute atomic E-state index is 0.0496. The molecule has 0 saturated heterocycles. The molecule has 0 bridgehead atoms. The van der Waals surface area contributed by atoms with Crippen LogP contribution in [0, 0.1) is 0 Å². The fraction of sp³-hybridized carbons (Fsp3) is 0.667. The minimum atomic E-state index is -0.118. The van der Waals surface area contributed by atoms with Crippen molar-refractivity contribution in [2.45, 2.75) is 19.9 Å². The zero-order chi connectivity index (χ0) is 14.3. The van der Waals surface area contributed by atoms with Gasteiger partial charge in [-0.2, -0.15) is 5.10 Å². The molecule has 1 heterocycles. The average molecular weight is 333 g/mol. The number of nitrogens with one attached hydrogen (secondary N) is 2. The summed E-state index contributed by atoms with van der Waals surface area (Å²) in [4.78, 5) is 12.0. The Morgan fingerprint density at radius 2 is 2.16 bits per heavy atom. The van der Waals surface area contributed by atoms with Crippen molar-refractivity contribution in [2.24, 2.45) is 0 Å². The van der Waals surface area contributed by atoms with Crippen molar-refractivity contribution in [2.75, 3.05) is 38.7 Å². The normalized spacial score (nSPS) is 11.0. The Morgan fingerprint density at radius 1 is 1.42 bits per heavy atom. The maximum Gasteiger partial charge on any atom is 0.283 e. The number of hydrogen-bond acceptors (Lipinski definition) is 5. The average Bonchev–Trinajstić information content (AvgIpc) is 2.38. The minimum Gasteiger partial charge on any atom is -0.383 e. The molecule has 19 heavy (non-hydrogen) atoms. The quantitative estimate of drug-likeness (QED) is 0.701. The molecule has 0 spiro atoms. The number of hydrogen-bond donors (Lipinski definition) is 2. The maximum absolute atomic E-state index is 12.0. The largest absolute Gasteiger partial charge is 0.383 e. The van der Waals surface area contributed by atoms with Crippen LogP contribution >= 0.6 is 15.9 Å². The molecule has 0 aliphatic carbocycles. The molecule has 0 saturated carbocycles. The van der Waals surface area contributed by atoms with E-state index in [0.717, 1.165) is 25.3 Å². The van der Waals surface area contributed by atoms with Crippen molar-refractivity contribution in [3.63, 3.8) is 0 Å². The van der Waals surface area contributed by atoms with Crippen molar-refractivity contribution in [3.8, 4) is 0 Å². The topological polar surface area (TPSA) is 68.2 Å². The van der Waals surface area contributed by atoms with Gasteiger partial charge < -0.3 is 15.4 Å². The summed E-state index contributed by atoms with van der Waals surface area (Å²) in [6, 6.07) is 0.0496. The Balaban J connectivity index is 2.51. The molecule has 0 unspecified atom stereocenters. The van der Waals surface area contributed by atoms with Gasteiger partial charge in [0.2, 0.25) is 0 Å². The molecule has 0 fully saturated rings. The Bertz CT molecular complexity index is 448. The van der Waals surface area contributed by atoms with Crippen LogP contribution in [0.3, 0.4) is 0 Å². The zero-order valence-corrected chi connectivity index (χ0v) is 13.2. The fourth-order valence-corrected chi connectivity index (χ4v) is 1.94. The van der Waals surface area contributed by atoms with Gasteiger partial charge in [-0.15, -0.1) is 0 Å². The van der Waals surface area contributed by atoms with Crippen LogP contribution in [0.15, 0.2) is 15.5 Å². The third-order valence-electron chi connectivity index (χ3n) is 2.53. The van der Waals surface area contributed by atoms with Gasteiger partial charge in [0.1, 0.15) is 4.47 Å². The van der Waals surface area contributed by atoms with Crippen LogP contribution in [0.4, 0.5) is 5.69 Å². The Kier molecular flexibility index (Phi) is 7.04. The Labute approximate surface area is 121 Å². The first-order valence-corrected chi connectivity index (χ1v) is 7.08. The van der Waals surface area contributed by atoms with Gasteiger partial charge in [-0.3, -0.25) is 4.79 Å². The van der Waals surface area contributed by atoms with Gasteiger partial charge in [0.05, 0.1) is 24.5 Å². The molecule has 7 heteroatoms. The van der Waals surface area contributed by atoms with Crippen molar-refractivity contribution in [1.82, 2.24) is 15.1 Å². The lowest BCUT2D eigenvalue weighted by Crippen LogP contribution is -2.28. The lowest BCUT2D eigenvalue weighted by atomic mass is 10.4. The summed E-state index contributed by atoms with van der Waals surface area (Å²) in [5.74, 6) is 0. The lowest BCUT2D eigenvalue weighted by molar-refractivity contribution is 0.200. The number of aromatic nitrogens is 2. The molecule has 6 nitrogen and oxygen atoms in total. The lowest BCUT2D eigenvalue weighted by Gasteiger charge is -2.12. The first-order valence-electron chi connectivity index (χ1n) is 6.28. The van der Waals surface area contributed by atoms with Crippen molar-refractivity contribution in [1.29, 1.82) is 0 Å². The summed E-state index contributed by atoms with van der Waals surface area (Å²) in [6.45, 7) is 6.86. The van der Waals surface area contributed by atoms with E-state index in [1.165, 1.54) is 4.68 Å². The second-order valence-corrected chi connectivity index (χ2v) is 5.18. The van der Waals surface area contributed by atoms with Gasteiger partial charge in [-0.25, -0.2) is 4.68 Å². The van der Waals surface area contributed by atoms with E-state index in [9.17, 15) is 4.79 Å². The summed E-state index contributed by atoms with van der Waals surface area (Å²) in [5, 5.41) is 10.5. The van der Waals surface area contributed by atoms with Crippen LogP contribution in [0.2, 0.25) is 0 Å². The molecule has 108 valence electrons. The Hall–Kier alpha value is -0.920. The summed E-state index contributed by atoms with van der Waals surface area (Å²) >= 11 is 3.32. The summed E-state index contributed by atoms with van der Waals surface area (Å²) in [6.07, 6.45) is 1.67. The Morgan fingerprint density at radius 3 is 2.79 bits per heavy atom. The van der Waals surface area contributed by atoms with Crippen LogP contribution in [-0.4, -0.2) is 43.1 Å². The zero-order valence-electron chi connectivity index (χ0n) is 11.6. The summed E-state index contributed by atoms with van der Waals surface area (Å²) in [7, 11) is 1.67. The molecule has 0 aliphatic rings. The van der Waals surface area contributed by atoms with E-state index < -0.39 is 0 Å². The van der Waals surface area contributed by atoms with Crippen LogP contribution < -0.4 is 16.2 Å². The molecule has 0 atom stereocenters. The van der Waals surface area contributed by atoms with E-state index in [4.69, 9.17) is 4.74 Å². The van der Waals surface area contributed by atoms with E-state index in [-0.39, 0.29) is 11.6 Å². The van der Waals surface area contributed by atoms with Crippen molar-refractivity contribution in [3.05, 3.63) is 21.0 Å². The molecule has 1 aromatic rings. The number of rotatable bonds is 8. The number of nitrogens with zero attached hydrogens (tertiary/aromatic N) is 2. The van der Waals surface area contributed by atoms with E-state index in [0.29, 0.717) is 11.1 Å². The molecule has 1 aromatic heterocycles. The predicted molar refractivity (Wildman–Crippen MR) is 79.8 cm³/mol. The van der Waals surface area contributed by atoms with E-state index in [1.54, 1.807) is 13.3 Å². The molecule has 0 aromatic carbocycles. The van der Waals surface area contributed by atoms with Crippen LogP contribution in [0.25, 0.3) is 0 Å². The van der Waals surface area contributed by atoms with Crippen molar-refractivity contribution >= 4 is 21.6 Å². The van der Waals surface area contributed by atoms with E-state index in [2.05, 4.69) is 31.7 Å². The monoisotopic (exact) mass is 332 g/mol. The molecular formula is C12H21BrN4O2.